The Kier molecular flexibility index (Phi) is 11.3. The number of primary amides is 2. The van der Waals surface area contributed by atoms with Crippen LogP contribution in [0.3, 0.4) is 0 Å². The number of benzene rings is 1. The van der Waals surface area contributed by atoms with E-state index in [0.717, 1.165) is 0 Å². The highest BCUT2D eigenvalue weighted by Gasteiger charge is 2.32. The summed E-state index contributed by atoms with van der Waals surface area (Å²) in [7, 11) is 0. The van der Waals surface area contributed by atoms with Gasteiger partial charge in [-0.3, -0.25) is 24.0 Å². The summed E-state index contributed by atoms with van der Waals surface area (Å²) >= 11 is 0. The van der Waals surface area contributed by atoms with E-state index in [0.29, 0.717) is 5.56 Å². The average Bonchev–Trinajstić information content (AvgIpc) is 2.76. The van der Waals surface area contributed by atoms with E-state index in [1.807, 2.05) is 5.32 Å². The van der Waals surface area contributed by atoms with Crippen molar-refractivity contribution < 1.29 is 39.0 Å². The third-order valence-electron chi connectivity index (χ3n) is 5.03. The molecule has 4 atom stereocenters. The van der Waals surface area contributed by atoms with Crippen molar-refractivity contribution >= 4 is 35.5 Å². The van der Waals surface area contributed by atoms with Crippen LogP contribution in [-0.4, -0.2) is 69.9 Å². The Morgan fingerprint density at radius 3 is 1.78 bits per heavy atom. The van der Waals surface area contributed by atoms with Crippen molar-refractivity contribution in [2.45, 2.75) is 57.3 Å². The number of nitrogens with two attached hydrogens (primary N) is 3. The highest BCUT2D eigenvalue weighted by atomic mass is 16.4. The van der Waals surface area contributed by atoms with Gasteiger partial charge >= 0.3 is 5.97 Å². The van der Waals surface area contributed by atoms with Crippen LogP contribution in [0.4, 0.5) is 0 Å². The molecule has 4 unspecified atom stereocenters. The number of aliphatic carboxylic acids is 1. The molecule has 14 heteroatoms. The number of carboxylic acid groups (broad SMARTS) is 1. The van der Waals surface area contributed by atoms with Gasteiger partial charge in [-0.25, -0.2) is 4.79 Å². The SMILES string of the molecule is CC(C)C(NC(=O)C(N)Cc1ccc(O)cc1)C(=O)NC(CC(N)=O)C(=O)NC(CC(N)=O)C(=O)O. The Hall–Kier alpha value is -4.20. The number of hydrogen-bond acceptors (Lipinski definition) is 8. The van der Waals surface area contributed by atoms with E-state index >= 15 is 0 Å². The maximum Gasteiger partial charge on any atom is 0.326 e. The molecule has 0 spiro atoms. The molecule has 0 heterocycles. The maximum absolute atomic E-state index is 12.9. The summed E-state index contributed by atoms with van der Waals surface area (Å²) in [6.07, 6.45) is -1.29. The number of carbonyl (C=O) groups excluding carboxylic acids is 5. The molecule has 36 heavy (non-hydrogen) atoms. The molecule has 0 saturated heterocycles. The first-order chi connectivity index (χ1) is 16.7. The normalized spacial score (nSPS) is 14.1. The molecule has 0 aliphatic carbocycles. The molecule has 0 saturated carbocycles. The summed E-state index contributed by atoms with van der Waals surface area (Å²) < 4.78 is 0. The van der Waals surface area contributed by atoms with Gasteiger partial charge in [0.1, 0.15) is 23.9 Å². The van der Waals surface area contributed by atoms with Crippen molar-refractivity contribution in [3.05, 3.63) is 29.8 Å². The van der Waals surface area contributed by atoms with Crippen LogP contribution in [0, 0.1) is 5.92 Å². The maximum atomic E-state index is 12.9. The summed E-state index contributed by atoms with van der Waals surface area (Å²) in [5.41, 5.74) is 16.8. The standard InChI is InChI=1S/C22H32N6O8/c1-10(2)18(28-19(32)13(23)7-11-3-5-12(29)6-4-11)21(34)26-14(8-16(24)30)20(33)27-15(22(35)36)9-17(25)31/h3-6,10,13-15,18,29H,7-9,23H2,1-2H3,(H2,24,30)(H2,25,31)(H,26,34)(H,27,33)(H,28,32)(H,35,36). The van der Waals surface area contributed by atoms with E-state index in [9.17, 15) is 39.0 Å². The molecule has 0 bridgehead atoms. The zero-order valence-electron chi connectivity index (χ0n) is 19.9. The van der Waals surface area contributed by atoms with Gasteiger partial charge in [0.25, 0.3) is 0 Å². The number of aromatic hydroxyl groups is 1. The molecule has 1 rings (SSSR count). The van der Waals surface area contributed by atoms with Crippen LogP contribution in [-0.2, 0) is 35.2 Å². The van der Waals surface area contributed by atoms with Crippen LogP contribution in [0.2, 0.25) is 0 Å². The molecule has 0 fully saturated rings. The topological polar surface area (TPSA) is 257 Å². The largest absolute Gasteiger partial charge is 0.508 e. The van der Waals surface area contributed by atoms with Crippen LogP contribution in [0.25, 0.3) is 0 Å². The molecular weight excluding hydrogens is 476 g/mol. The van der Waals surface area contributed by atoms with Crippen LogP contribution in [0.1, 0.15) is 32.3 Å². The van der Waals surface area contributed by atoms with Gasteiger partial charge in [-0.05, 0) is 30.0 Å². The second-order valence-corrected chi connectivity index (χ2v) is 8.51. The summed E-state index contributed by atoms with van der Waals surface area (Å²) in [4.78, 5) is 72.0. The summed E-state index contributed by atoms with van der Waals surface area (Å²) in [6, 6.07) is 0.551. The van der Waals surface area contributed by atoms with Crippen LogP contribution >= 0.6 is 0 Å². The number of amides is 5. The van der Waals surface area contributed by atoms with E-state index in [-0.39, 0.29) is 12.2 Å². The molecule has 1 aromatic rings. The second kappa shape index (κ2) is 13.6. The van der Waals surface area contributed by atoms with Gasteiger partial charge in [0.15, 0.2) is 0 Å². The first kappa shape index (κ1) is 29.8. The lowest BCUT2D eigenvalue weighted by Gasteiger charge is -2.26. The Bertz CT molecular complexity index is 981. The van der Waals surface area contributed by atoms with E-state index < -0.39 is 78.4 Å². The molecule has 198 valence electrons. The van der Waals surface area contributed by atoms with Crippen molar-refractivity contribution in [2.75, 3.05) is 0 Å². The minimum Gasteiger partial charge on any atom is -0.508 e. The van der Waals surface area contributed by atoms with Gasteiger partial charge in [0.05, 0.1) is 18.9 Å². The minimum atomic E-state index is -1.69. The number of nitrogens with one attached hydrogen (secondary N) is 3. The minimum absolute atomic E-state index is 0.0483. The zero-order valence-corrected chi connectivity index (χ0v) is 19.9. The predicted octanol–water partition coefficient (Wildman–Crippen LogP) is -2.79. The van der Waals surface area contributed by atoms with Gasteiger partial charge in [0.2, 0.25) is 29.5 Å². The quantitative estimate of drug-likeness (QED) is 0.129. The molecule has 14 nitrogen and oxygen atoms in total. The number of carboxylic acids is 1. The first-order valence-electron chi connectivity index (χ1n) is 10.9. The van der Waals surface area contributed by atoms with Gasteiger partial charge in [-0.2, -0.15) is 0 Å². The van der Waals surface area contributed by atoms with E-state index in [4.69, 9.17) is 17.2 Å². The predicted molar refractivity (Wildman–Crippen MR) is 126 cm³/mol. The summed E-state index contributed by atoms with van der Waals surface area (Å²) in [5.74, 6) is -6.56. The van der Waals surface area contributed by atoms with Crippen molar-refractivity contribution in [3.63, 3.8) is 0 Å². The third kappa shape index (κ3) is 9.97. The zero-order chi connectivity index (χ0) is 27.6. The summed E-state index contributed by atoms with van der Waals surface area (Å²) in [5, 5.41) is 25.3. The second-order valence-electron chi connectivity index (χ2n) is 8.51. The van der Waals surface area contributed by atoms with Gasteiger partial charge < -0.3 is 43.4 Å². The van der Waals surface area contributed by atoms with E-state index in [2.05, 4.69) is 10.6 Å². The number of rotatable bonds is 14. The van der Waals surface area contributed by atoms with Crippen LogP contribution < -0.4 is 33.2 Å². The monoisotopic (exact) mass is 508 g/mol. The van der Waals surface area contributed by atoms with Gasteiger partial charge in [-0.15, -0.1) is 0 Å². The van der Waals surface area contributed by atoms with Crippen molar-refractivity contribution in [2.24, 2.45) is 23.1 Å². The highest BCUT2D eigenvalue weighted by Crippen LogP contribution is 2.11. The Balaban J connectivity index is 2.94. The fraction of sp³-hybridized carbons (Fsp3) is 0.455. The van der Waals surface area contributed by atoms with Crippen molar-refractivity contribution in [1.82, 2.24) is 16.0 Å². The van der Waals surface area contributed by atoms with E-state index in [1.54, 1.807) is 26.0 Å². The molecule has 0 aliphatic heterocycles. The molecule has 5 amide bonds. The third-order valence-corrected chi connectivity index (χ3v) is 5.03. The number of carbonyl (C=O) groups is 6. The number of hydrogen-bond donors (Lipinski definition) is 8. The Morgan fingerprint density at radius 1 is 0.806 bits per heavy atom. The van der Waals surface area contributed by atoms with E-state index in [1.165, 1.54) is 12.1 Å². The lowest BCUT2D eigenvalue weighted by molar-refractivity contribution is -0.144. The average molecular weight is 509 g/mol. The number of phenolic OH excluding ortho intramolecular Hbond substituents is 1. The molecule has 0 aliphatic rings. The van der Waals surface area contributed by atoms with Crippen LogP contribution in [0.15, 0.2) is 24.3 Å². The Morgan fingerprint density at radius 2 is 1.31 bits per heavy atom. The summed E-state index contributed by atoms with van der Waals surface area (Å²) in [6.45, 7) is 3.24. The van der Waals surface area contributed by atoms with Crippen molar-refractivity contribution in [3.8, 4) is 5.75 Å². The van der Waals surface area contributed by atoms with Crippen molar-refractivity contribution in [1.29, 1.82) is 0 Å². The van der Waals surface area contributed by atoms with Gasteiger partial charge in [-0.1, -0.05) is 26.0 Å². The first-order valence-corrected chi connectivity index (χ1v) is 10.9. The fourth-order valence-electron chi connectivity index (χ4n) is 3.12. The molecule has 11 N–H and O–H groups in total. The molecule has 1 aromatic carbocycles. The van der Waals surface area contributed by atoms with Crippen LogP contribution in [0.5, 0.6) is 5.75 Å². The lowest BCUT2D eigenvalue weighted by atomic mass is 10.0. The lowest BCUT2D eigenvalue weighted by Crippen LogP contribution is -2.59. The Labute approximate surface area is 206 Å². The number of phenols is 1. The smallest absolute Gasteiger partial charge is 0.326 e. The van der Waals surface area contributed by atoms with Gasteiger partial charge in [0, 0.05) is 0 Å². The molecule has 0 aromatic heterocycles. The molecule has 0 radical (unpaired) electrons. The molecular formula is C22H32N6O8. The highest BCUT2D eigenvalue weighted by molar-refractivity contribution is 5.96. The fourth-order valence-corrected chi connectivity index (χ4v) is 3.12.